The van der Waals surface area contributed by atoms with Gasteiger partial charge in [-0.25, -0.2) is 13.6 Å². The molecular formula is C19H17F5N2O2S. The first-order chi connectivity index (χ1) is 13.5. The van der Waals surface area contributed by atoms with Gasteiger partial charge in [0.1, 0.15) is 5.69 Å². The maximum absolute atomic E-state index is 13.6. The van der Waals surface area contributed by atoms with Crippen LogP contribution in [0.1, 0.15) is 29.7 Å². The highest BCUT2D eigenvalue weighted by Crippen LogP contribution is 2.50. The minimum Gasteiger partial charge on any atom is -0.251 e. The van der Waals surface area contributed by atoms with Gasteiger partial charge in [0.15, 0.2) is 0 Å². The zero-order valence-electron chi connectivity index (χ0n) is 15.0. The van der Waals surface area contributed by atoms with Crippen LogP contribution in [0.4, 0.5) is 22.0 Å². The van der Waals surface area contributed by atoms with Gasteiger partial charge < -0.3 is 0 Å². The third-order valence-electron chi connectivity index (χ3n) is 4.97. The lowest BCUT2D eigenvalue weighted by Gasteiger charge is -2.22. The second-order valence-electron chi connectivity index (χ2n) is 7.08. The molecule has 10 heteroatoms. The smallest absolute Gasteiger partial charge is 0.251 e. The molecule has 0 radical (unpaired) electrons. The van der Waals surface area contributed by atoms with Gasteiger partial charge in [-0.05, 0) is 53.3 Å². The molecule has 0 spiro atoms. The summed E-state index contributed by atoms with van der Waals surface area (Å²) >= 11 is 0. The Morgan fingerprint density at radius 3 is 1.86 bits per heavy atom. The van der Waals surface area contributed by atoms with Crippen molar-refractivity contribution < 1.29 is 30.4 Å². The molecule has 1 aliphatic carbocycles. The summed E-state index contributed by atoms with van der Waals surface area (Å²) in [7, 11) is -3.91. The number of hydrogen-bond acceptors (Lipinski definition) is 3. The topological polar surface area (TPSA) is 73.1 Å². The highest BCUT2D eigenvalue weighted by molar-refractivity contribution is 7.89. The van der Waals surface area contributed by atoms with Gasteiger partial charge in [0.25, 0.3) is 0 Å². The molecule has 4 nitrogen and oxygen atoms in total. The molecule has 1 aromatic carbocycles. The Labute approximate surface area is 164 Å². The molecule has 3 rings (SSSR count). The number of sulfonamides is 1. The SMILES string of the molecule is NS(=O)(=O)c1ccc(C2=C(c3ccc(C(F)(F)F)nc3)CC(CF)(CF)C2)cc1. The average Bonchev–Trinajstić information content (AvgIpc) is 3.07. The third kappa shape index (κ3) is 4.32. The van der Waals surface area contributed by atoms with Crippen LogP contribution in [-0.2, 0) is 16.2 Å². The fourth-order valence-corrected chi connectivity index (χ4v) is 3.90. The molecule has 1 heterocycles. The van der Waals surface area contributed by atoms with Gasteiger partial charge in [0.05, 0.1) is 18.2 Å². The summed E-state index contributed by atoms with van der Waals surface area (Å²) in [5, 5.41) is 5.07. The molecule has 0 saturated heterocycles. The fraction of sp³-hybridized carbons (Fsp3) is 0.316. The van der Waals surface area contributed by atoms with Crippen molar-refractivity contribution in [1.82, 2.24) is 4.98 Å². The molecule has 2 aromatic rings. The molecule has 0 fully saturated rings. The highest BCUT2D eigenvalue weighted by Gasteiger charge is 2.40. The normalized spacial score (nSPS) is 17.0. The van der Waals surface area contributed by atoms with E-state index < -0.39 is 40.7 Å². The van der Waals surface area contributed by atoms with Crippen molar-refractivity contribution in [3.63, 3.8) is 0 Å². The predicted octanol–water partition coefficient (Wildman–Crippen LogP) is 4.38. The Kier molecular flexibility index (Phi) is 5.52. The molecule has 156 valence electrons. The van der Waals surface area contributed by atoms with Crippen LogP contribution in [0.2, 0.25) is 0 Å². The minimum absolute atomic E-state index is 0.0146. The van der Waals surface area contributed by atoms with Crippen molar-refractivity contribution in [3.8, 4) is 0 Å². The number of primary sulfonamides is 1. The van der Waals surface area contributed by atoms with Crippen LogP contribution in [0.5, 0.6) is 0 Å². The quantitative estimate of drug-likeness (QED) is 0.713. The summed E-state index contributed by atoms with van der Waals surface area (Å²) < 4.78 is 88.5. The summed E-state index contributed by atoms with van der Waals surface area (Å²) in [6.45, 7) is -1.89. The lowest BCUT2D eigenvalue weighted by molar-refractivity contribution is -0.141. The van der Waals surface area contributed by atoms with E-state index in [4.69, 9.17) is 5.14 Å². The number of nitrogens with two attached hydrogens (primary N) is 1. The number of alkyl halides is 5. The van der Waals surface area contributed by atoms with Crippen LogP contribution >= 0.6 is 0 Å². The summed E-state index contributed by atoms with van der Waals surface area (Å²) in [6.07, 6.45) is -3.57. The van der Waals surface area contributed by atoms with E-state index in [0.717, 1.165) is 12.3 Å². The van der Waals surface area contributed by atoms with Crippen LogP contribution < -0.4 is 5.14 Å². The Hall–Kier alpha value is -2.33. The summed E-state index contributed by atoms with van der Waals surface area (Å²) in [6, 6.07) is 7.49. The third-order valence-corrected chi connectivity index (χ3v) is 5.90. The van der Waals surface area contributed by atoms with Gasteiger partial charge in [-0.2, -0.15) is 13.2 Å². The first-order valence-electron chi connectivity index (χ1n) is 8.50. The van der Waals surface area contributed by atoms with E-state index in [2.05, 4.69) is 4.98 Å². The van der Waals surface area contributed by atoms with E-state index in [1.165, 1.54) is 30.3 Å². The van der Waals surface area contributed by atoms with E-state index >= 15 is 0 Å². The van der Waals surface area contributed by atoms with Gasteiger partial charge in [-0.1, -0.05) is 18.2 Å². The highest BCUT2D eigenvalue weighted by atomic mass is 32.2. The lowest BCUT2D eigenvalue weighted by Crippen LogP contribution is -2.22. The van der Waals surface area contributed by atoms with Gasteiger partial charge >= 0.3 is 6.18 Å². The van der Waals surface area contributed by atoms with Crippen molar-refractivity contribution in [2.24, 2.45) is 10.6 Å². The maximum Gasteiger partial charge on any atom is 0.433 e. The second-order valence-corrected chi connectivity index (χ2v) is 8.64. The Morgan fingerprint density at radius 1 is 0.931 bits per heavy atom. The van der Waals surface area contributed by atoms with Gasteiger partial charge in [-0.3, -0.25) is 13.8 Å². The van der Waals surface area contributed by atoms with E-state index in [9.17, 15) is 30.4 Å². The molecule has 0 atom stereocenters. The number of allylic oxidation sites excluding steroid dienone is 2. The molecule has 1 aliphatic rings. The number of nitrogens with zero attached hydrogens (tertiary/aromatic N) is 1. The van der Waals surface area contributed by atoms with Gasteiger partial charge in [0, 0.05) is 11.6 Å². The molecule has 0 bridgehead atoms. The molecule has 0 saturated carbocycles. The van der Waals surface area contributed by atoms with Gasteiger partial charge in [0.2, 0.25) is 10.0 Å². The lowest BCUT2D eigenvalue weighted by atomic mass is 9.85. The summed E-state index contributed by atoms with van der Waals surface area (Å²) in [5.41, 5.74) is -0.538. The van der Waals surface area contributed by atoms with Crippen LogP contribution in [0.25, 0.3) is 11.1 Å². The van der Waals surface area contributed by atoms with Gasteiger partial charge in [-0.15, -0.1) is 0 Å². The molecule has 0 amide bonds. The molecule has 0 unspecified atom stereocenters. The Bertz CT molecular complexity index is 1030. The number of rotatable bonds is 5. The number of hydrogen-bond donors (Lipinski definition) is 1. The second kappa shape index (κ2) is 7.49. The number of halogens is 5. The fourth-order valence-electron chi connectivity index (χ4n) is 3.39. The van der Waals surface area contributed by atoms with Crippen molar-refractivity contribution in [2.75, 3.05) is 13.3 Å². The number of benzene rings is 1. The molecule has 2 N–H and O–H groups in total. The molecular weight excluding hydrogens is 415 g/mol. The van der Waals surface area contributed by atoms with E-state index in [1.807, 2.05) is 0 Å². The van der Waals surface area contributed by atoms with Crippen molar-refractivity contribution in [1.29, 1.82) is 0 Å². The van der Waals surface area contributed by atoms with Crippen molar-refractivity contribution in [3.05, 3.63) is 59.4 Å². The first-order valence-corrected chi connectivity index (χ1v) is 10.0. The molecule has 0 aliphatic heterocycles. The summed E-state index contributed by atoms with van der Waals surface area (Å²) in [5.74, 6) is 0. The van der Waals surface area contributed by atoms with Crippen LogP contribution in [0.15, 0.2) is 47.5 Å². The van der Waals surface area contributed by atoms with E-state index in [1.54, 1.807) is 0 Å². The Morgan fingerprint density at radius 2 is 1.45 bits per heavy atom. The zero-order valence-corrected chi connectivity index (χ0v) is 15.8. The predicted molar refractivity (Wildman–Crippen MR) is 97.5 cm³/mol. The minimum atomic E-state index is -4.60. The molecule has 1 aromatic heterocycles. The molecule has 29 heavy (non-hydrogen) atoms. The van der Waals surface area contributed by atoms with Crippen molar-refractivity contribution >= 4 is 21.2 Å². The standard InChI is InChI=1S/C19H17F5N2O2S/c20-10-18(11-21)7-15(12-1-4-14(5-2-12)29(25,27)28)16(8-18)13-3-6-17(26-9-13)19(22,23)24/h1-6,9H,7-8,10-11H2,(H2,25,27,28). The van der Waals surface area contributed by atoms with E-state index in [-0.39, 0.29) is 17.7 Å². The Balaban J connectivity index is 2.08. The maximum atomic E-state index is 13.6. The zero-order chi connectivity index (χ0) is 21.4. The summed E-state index contributed by atoms with van der Waals surface area (Å²) in [4.78, 5) is 3.30. The van der Waals surface area contributed by atoms with Crippen molar-refractivity contribution in [2.45, 2.75) is 23.9 Å². The number of pyridine rings is 1. The van der Waals surface area contributed by atoms with Crippen LogP contribution in [0, 0.1) is 5.41 Å². The number of aromatic nitrogens is 1. The first kappa shape index (κ1) is 21.4. The van der Waals surface area contributed by atoms with Crippen LogP contribution in [0.3, 0.4) is 0 Å². The average molecular weight is 432 g/mol. The largest absolute Gasteiger partial charge is 0.433 e. The monoisotopic (exact) mass is 432 g/mol. The van der Waals surface area contributed by atoms with Crippen LogP contribution in [-0.4, -0.2) is 26.8 Å². The van der Waals surface area contributed by atoms with E-state index in [0.29, 0.717) is 22.3 Å².